The number of halogens is 2. The molecule has 2 aliphatic carbocycles. The van der Waals surface area contributed by atoms with Gasteiger partial charge in [-0.25, -0.2) is 0 Å². The maximum Gasteiger partial charge on any atom is 0.262 e. The lowest BCUT2D eigenvalue weighted by Crippen LogP contribution is -2.37. The van der Waals surface area contributed by atoms with Crippen molar-refractivity contribution < 1.29 is 28.6 Å². The summed E-state index contributed by atoms with van der Waals surface area (Å²) in [6, 6.07) is 10.6. The highest BCUT2D eigenvalue weighted by Crippen LogP contribution is 2.54. The molecule has 1 amide bonds. The summed E-state index contributed by atoms with van der Waals surface area (Å²) >= 11 is 9.78. The number of Topliss-reactive ketones (excluding diaryl/α,β-unsaturated/α-hetero) is 2. The number of carbonyl (C=O) groups excluding carboxylic acids is 3. The van der Waals surface area contributed by atoms with Gasteiger partial charge in [-0.3, -0.25) is 14.4 Å². The number of rotatable bonds is 7. The molecule has 2 aromatic rings. The fourth-order valence-electron chi connectivity index (χ4n) is 6.05. The standard InChI is InChI=1S/C33H35BrClNO6/c1-6-40-24-12-18(11-19(34)31(24)41-17-27(39)36-21-10-8-7-9-20(21)35)28-29-22(37)13-32(2,3)15-25(29)42-26-16-33(4,5)14-23(38)30(26)28/h7-12,28H,6,13-17H2,1-5H3,(H,36,39). The molecule has 0 spiro atoms. The van der Waals surface area contributed by atoms with Crippen molar-refractivity contribution in [1.29, 1.82) is 0 Å². The van der Waals surface area contributed by atoms with E-state index in [-0.39, 0.29) is 34.9 Å². The Bertz CT molecular complexity index is 1490. The van der Waals surface area contributed by atoms with Crippen LogP contribution < -0.4 is 14.8 Å². The molecule has 5 rings (SSSR count). The molecule has 2 aromatic carbocycles. The lowest BCUT2D eigenvalue weighted by molar-refractivity contribution is -0.120. The van der Waals surface area contributed by atoms with Crippen LogP contribution in [0.3, 0.4) is 0 Å². The van der Waals surface area contributed by atoms with Crippen LogP contribution in [0.4, 0.5) is 5.69 Å². The number of hydrogen-bond donors (Lipinski definition) is 1. The average molecular weight is 657 g/mol. The van der Waals surface area contributed by atoms with Crippen molar-refractivity contribution >= 4 is 50.7 Å². The van der Waals surface area contributed by atoms with Gasteiger partial charge in [-0.15, -0.1) is 0 Å². The molecular weight excluding hydrogens is 622 g/mol. The highest BCUT2D eigenvalue weighted by Gasteiger charge is 2.48. The molecule has 1 aliphatic heterocycles. The van der Waals surface area contributed by atoms with Gasteiger partial charge in [-0.1, -0.05) is 51.4 Å². The maximum absolute atomic E-state index is 13.7. The van der Waals surface area contributed by atoms with Crippen LogP contribution in [0.15, 0.2) is 63.5 Å². The summed E-state index contributed by atoms with van der Waals surface area (Å²) in [7, 11) is 0. The van der Waals surface area contributed by atoms with Gasteiger partial charge in [-0.2, -0.15) is 0 Å². The summed E-state index contributed by atoms with van der Waals surface area (Å²) in [4.78, 5) is 40.0. The molecule has 0 bridgehead atoms. The van der Waals surface area contributed by atoms with Crippen LogP contribution in [0, 0.1) is 10.8 Å². The molecule has 0 saturated carbocycles. The third-order valence-corrected chi connectivity index (χ3v) is 8.66. The number of allylic oxidation sites excluding steroid dienone is 4. The van der Waals surface area contributed by atoms with Crippen LogP contribution in [0.5, 0.6) is 11.5 Å². The number of ether oxygens (including phenoxy) is 3. The zero-order valence-electron chi connectivity index (χ0n) is 24.5. The van der Waals surface area contributed by atoms with Crippen LogP contribution in [-0.4, -0.2) is 30.7 Å². The molecule has 0 aromatic heterocycles. The molecule has 1 N–H and O–H groups in total. The van der Waals surface area contributed by atoms with Crippen molar-refractivity contribution in [3.63, 3.8) is 0 Å². The van der Waals surface area contributed by atoms with Crippen molar-refractivity contribution in [2.45, 2.75) is 66.2 Å². The van der Waals surface area contributed by atoms with E-state index in [2.05, 4.69) is 48.9 Å². The number of amides is 1. The van der Waals surface area contributed by atoms with Crippen LogP contribution in [-0.2, 0) is 19.1 Å². The number of benzene rings is 2. The van der Waals surface area contributed by atoms with E-state index >= 15 is 0 Å². The first kappa shape index (κ1) is 30.4. The van der Waals surface area contributed by atoms with E-state index in [0.717, 1.165) is 5.56 Å². The van der Waals surface area contributed by atoms with Gasteiger partial charge in [0.25, 0.3) is 5.91 Å². The third kappa shape index (κ3) is 6.16. The summed E-state index contributed by atoms with van der Waals surface area (Å²) in [6.45, 7) is 10.1. The average Bonchev–Trinajstić information content (AvgIpc) is 2.87. The molecule has 0 saturated heterocycles. The Hall–Kier alpha value is -3.10. The topological polar surface area (TPSA) is 90.9 Å². The summed E-state index contributed by atoms with van der Waals surface area (Å²) in [6.07, 6.45) is 1.96. The molecule has 42 heavy (non-hydrogen) atoms. The summed E-state index contributed by atoms with van der Waals surface area (Å²) in [5.41, 5.74) is 1.81. The zero-order chi connectivity index (χ0) is 30.4. The molecule has 0 fully saturated rings. The minimum Gasteiger partial charge on any atom is -0.490 e. The minimum atomic E-state index is -0.580. The Morgan fingerprint density at radius 3 is 2.14 bits per heavy atom. The van der Waals surface area contributed by atoms with Gasteiger partial charge in [-0.05, 0) is 63.5 Å². The Morgan fingerprint density at radius 1 is 0.976 bits per heavy atom. The maximum atomic E-state index is 13.7. The second-order valence-electron chi connectivity index (χ2n) is 12.7. The van der Waals surface area contributed by atoms with Gasteiger partial charge in [0.05, 0.1) is 21.8 Å². The smallest absolute Gasteiger partial charge is 0.262 e. The Kier molecular flexibility index (Phi) is 8.33. The number of hydrogen-bond acceptors (Lipinski definition) is 6. The molecule has 0 unspecified atom stereocenters. The van der Waals surface area contributed by atoms with Crippen LogP contribution in [0.2, 0.25) is 5.02 Å². The number of para-hydroxylation sites is 1. The first-order valence-corrected chi connectivity index (χ1v) is 15.3. The van der Waals surface area contributed by atoms with Crippen LogP contribution in [0.1, 0.15) is 71.8 Å². The number of carbonyl (C=O) groups is 3. The van der Waals surface area contributed by atoms with Crippen LogP contribution in [0.25, 0.3) is 0 Å². The Morgan fingerprint density at radius 2 is 1.57 bits per heavy atom. The summed E-state index contributed by atoms with van der Waals surface area (Å²) in [5.74, 6) is 1.05. The molecule has 1 heterocycles. The Labute approximate surface area is 259 Å². The van der Waals surface area contributed by atoms with Crippen molar-refractivity contribution in [2.75, 3.05) is 18.5 Å². The van der Waals surface area contributed by atoms with Crippen molar-refractivity contribution in [3.8, 4) is 11.5 Å². The van der Waals surface area contributed by atoms with Crippen molar-refractivity contribution in [1.82, 2.24) is 0 Å². The van der Waals surface area contributed by atoms with Gasteiger partial charge >= 0.3 is 0 Å². The normalized spacial score (nSPS) is 19.6. The Balaban J connectivity index is 1.53. The number of ketones is 2. The first-order chi connectivity index (χ1) is 19.8. The van der Waals surface area contributed by atoms with Crippen molar-refractivity contribution in [3.05, 3.63) is 74.1 Å². The van der Waals surface area contributed by atoms with E-state index in [1.165, 1.54) is 0 Å². The van der Waals surface area contributed by atoms with E-state index < -0.39 is 5.92 Å². The van der Waals surface area contributed by atoms with Gasteiger partial charge in [0, 0.05) is 42.7 Å². The van der Waals surface area contributed by atoms with Gasteiger partial charge < -0.3 is 19.5 Å². The quantitative estimate of drug-likeness (QED) is 0.326. The molecule has 0 radical (unpaired) electrons. The van der Waals surface area contributed by atoms with Gasteiger partial charge in [0.2, 0.25) is 0 Å². The van der Waals surface area contributed by atoms with E-state index in [4.69, 9.17) is 25.8 Å². The first-order valence-electron chi connectivity index (χ1n) is 14.1. The lowest BCUT2D eigenvalue weighted by Gasteiger charge is -2.42. The van der Waals surface area contributed by atoms with Crippen LogP contribution >= 0.6 is 27.5 Å². The molecule has 0 atom stereocenters. The third-order valence-electron chi connectivity index (χ3n) is 7.74. The monoisotopic (exact) mass is 655 g/mol. The van der Waals surface area contributed by atoms with Gasteiger partial charge in [0.1, 0.15) is 11.5 Å². The van der Waals surface area contributed by atoms with E-state index in [9.17, 15) is 14.4 Å². The molecule has 9 heteroatoms. The number of nitrogens with one attached hydrogen (secondary N) is 1. The fourth-order valence-corrected chi connectivity index (χ4v) is 6.81. The predicted octanol–water partition coefficient (Wildman–Crippen LogP) is 7.92. The number of anilines is 1. The summed E-state index contributed by atoms with van der Waals surface area (Å²) in [5, 5.41) is 3.17. The molecular formula is C33H35BrClNO6. The second-order valence-corrected chi connectivity index (χ2v) is 13.9. The largest absolute Gasteiger partial charge is 0.490 e. The molecule has 3 aliphatic rings. The minimum absolute atomic E-state index is 0.0129. The van der Waals surface area contributed by atoms with Crippen molar-refractivity contribution in [2.24, 2.45) is 10.8 Å². The summed E-state index contributed by atoms with van der Waals surface area (Å²) < 4.78 is 18.9. The lowest BCUT2D eigenvalue weighted by atomic mass is 9.65. The molecule has 7 nitrogen and oxygen atoms in total. The van der Waals surface area contributed by atoms with E-state index in [1.807, 2.05) is 13.0 Å². The second kappa shape index (κ2) is 11.5. The predicted molar refractivity (Wildman–Crippen MR) is 165 cm³/mol. The highest BCUT2D eigenvalue weighted by atomic mass is 79.9. The fraction of sp³-hybridized carbons (Fsp3) is 0.424. The molecule has 222 valence electrons. The SMILES string of the molecule is CCOc1cc(C2C3=C(CC(C)(C)CC3=O)OC3=C2C(=O)CC(C)(C)C3)cc(Br)c1OCC(=O)Nc1ccccc1Cl. The van der Waals surface area contributed by atoms with E-state index in [1.54, 1.807) is 30.3 Å². The highest BCUT2D eigenvalue weighted by molar-refractivity contribution is 9.10. The van der Waals surface area contributed by atoms with Gasteiger partial charge in [0.15, 0.2) is 29.7 Å². The zero-order valence-corrected chi connectivity index (χ0v) is 26.8. The van der Waals surface area contributed by atoms with E-state index in [0.29, 0.717) is 81.6 Å².